The third-order valence-corrected chi connectivity index (χ3v) is 2.83. The molecule has 2 rings (SSSR count). The van der Waals surface area contributed by atoms with Crippen LogP contribution >= 0.6 is 12.4 Å². The summed E-state index contributed by atoms with van der Waals surface area (Å²) in [4.78, 5) is 24.0. The average molecular weight is 234 g/mol. The van der Waals surface area contributed by atoms with Crippen molar-refractivity contribution in [2.45, 2.75) is 13.0 Å². The van der Waals surface area contributed by atoms with Crippen molar-refractivity contribution in [1.82, 2.24) is 15.5 Å². The molecular formula is C9H16ClN3O2. The second kappa shape index (κ2) is 4.81. The van der Waals surface area contributed by atoms with Gasteiger partial charge in [-0.2, -0.15) is 0 Å². The Bertz CT molecular complexity index is 262. The monoisotopic (exact) mass is 233 g/mol. The molecule has 0 unspecified atom stereocenters. The molecule has 0 atom stereocenters. The molecule has 2 aliphatic rings. The van der Waals surface area contributed by atoms with Crippen LogP contribution in [0.15, 0.2) is 0 Å². The minimum Gasteiger partial charge on any atom is -0.349 e. The number of likely N-dealkylation sites (tertiary alicyclic amines) is 1. The lowest BCUT2D eigenvalue weighted by atomic mass is 10.0. The van der Waals surface area contributed by atoms with E-state index in [1.54, 1.807) is 11.8 Å². The van der Waals surface area contributed by atoms with Gasteiger partial charge < -0.3 is 15.5 Å². The predicted octanol–water partition coefficient (Wildman–Crippen LogP) is -1.03. The number of nitrogens with zero attached hydrogens (tertiary/aromatic N) is 1. The first kappa shape index (κ1) is 12.3. The fourth-order valence-electron chi connectivity index (χ4n) is 1.62. The number of hydrogen-bond donors (Lipinski definition) is 2. The van der Waals surface area contributed by atoms with E-state index in [1.807, 2.05) is 0 Å². The second-order valence-corrected chi connectivity index (χ2v) is 3.98. The van der Waals surface area contributed by atoms with Gasteiger partial charge in [0.2, 0.25) is 11.8 Å². The highest BCUT2D eigenvalue weighted by Gasteiger charge is 2.32. The van der Waals surface area contributed by atoms with E-state index in [1.165, 1.54) is 0 Å². The Morgan fingerprint density at radius 3 is 2.33 bits per heavy atom. The first-order chi connectivity index (χ1) is 6.66. The summed E-state index contributed by atoms with van der Waals surface area (Å²) in [5.41, 5.74) is 0. The maximum atomic E-state index is 11.5. The van der Waals surface area contributed by atoms with Crippen LogP contribution in [0.3, 0.4) is 0 Å². The molecule has 0 aromatic carbocycles. The van der Waals surface area contributed by atoms with E-state index in [0.717, 1.165) is 13.1 Å². The zero-order valence-electron chi connectivity index (χ0n) is 8.66. The smallest absolute Gasteiger partial charge is 0.226 e. The summed E-state index contributed by atoms with van der Waals surface area (Å²) in [6, 6.07) is 0.173. The molecule has 5 nitrogen and oxygen atoms in total. The number of amides is 2. The summed E-state index contributed by atoms with van der Waals surface area (Å²) in [6.45, 7) is 4.46. The van der Waals surface area contributed by atoms with Crippen LogP contribution in [-0.4, -0.2) is 48.9 Å². The number of halogens is 1. The summed E-state index contributed by atoms with van der Waals surface area (Å²) in [7, 11) is 0. The Morgan fingerprint density at radius 1 is 1.33 bits per heavy atom. The van der Waals surface area contributed by atoms with E-state index in [9.17, 15) is 9.59 Å². The van der Waals surface area contributed by atoms with Crippen molar-refractivity contribution in [3.05, 3.63) is 0 Å². The molecule has 2 fully saturated rings. The SMILES string of the molecule is CC(=O)N1CC(NC(=O)C2CNC2)C1.Cl. The van der Waals surface area contributed by atoms with Gasteiger partial charge in [-0.3, -0.25) is 9.59 Å². The van der Waals surface area contributed by atoms with Gasteiger partial charge in [0.25, 0.3) is 0 Å². The third kappa shape index (κ3) is 2.60. The molecule has 0 aliphatic carbocycles. The molecule has 15 heavy (non-hydrogen) atoms. The first-order valence-electron chi connectivity index (χ1n) is 4.93. The lowest BCUT2D eigenvalue weighted by Crippen LogP contribution is -2.63. The molecule has 2 N–H and O–H groups in total. The zero-order valence-corrected chi connectivity index (χ0v) is 9.47. The van der Waals surface area contributed by atoms with Gasteiger partial charge in [-0.1, -0.05) is 0 Å². The quantitative estimate of drug-likeness (QED) is 0.642. The van der Waals surface area contributed by atoms with E-state index >= 15 is 0 Å². The van der Waals surface area contributed by atoms with Crippen LogP contribution in [0.25, 0.3) is 0 Å². The molecule has 2 amide bonds. The maximum absolute atomic E-state index is 11.5. The minimum atomic E-state index is 0. The van der Waals surface area contributed by atoms with Gasteiger partial charge in [0.1, 0.15) is 0 Å². The van der Waals surface area contributed by atoms with Crippen LogP contribution in [0, 0.1) is 5.92 Å². The standard InChI is InChI=1S/C9H15N3O2.ClH/c1-6(13)12-4-8(5-12)11-9(14)7-2-10-3-7;/h7-8,10H,2-5H2,1H3,(H,11,14);1H. The molecule has 0 radical (unpaired) electrons. The maximum Gasteiger partial charge on any atom is 0.226 e. The van der Waals surface area contributed by atoms with Gasteiger partial charge in [-0.15, -0.1) is 12.4 Å². The Kier molecular flexibility index (Phi) is 3.93. The average Bonchev–Trinajstić information content (AvgIpc) is 1.91. The van der Waals surface area contributed by atoms with Crippen LogP contribution < -0.4 is 10.6 Å². The van der Waals surface area contributed by atoms with E-state index < -0.39 is 0 Å². The van der Waals surface area contributed by atoms with Crippen molar-refractivity contribution >= 4 is 24.2 Å². The summed E-state index contributed by atoms with van der Waals surface area (Å²) in [5, 5.41) is 5.98. The number of rotatable bonds is 2. The molecule has 0 aromatic heterocycles. The van der Waals surface area contributed by atoms with Crippen molar-refractivity contribution in [3.8, 4) is 0 Å². The van der Waals surface area contributed by atoms with E-state index in [4.69, 9.17) is 0 Å². The molecule has 2 saturated heterocycles. The fourth-order valence-corrected chi connectivity index (χ4v) is 1.62. The number of carbonyl (C=O) groups is 2. The molecule has 0 spiro atoms. The second-order valence-electron chi connectivity index (χ2n) is 3.98. The van der Waals surface area contributed by atoms with Crippen LogP contribution in [-0.2, 0) is 9.59 Å². The van der Waals surface area contributed by atoms with Crippen molar-refractivity contribution < 1.29 is 9.59 Å². The first-order valence-corrected chi connectivity index (χ1v) is 4.93. The van der Waals surface area contributed by atoms with E-state index in [0.29, 0.717) is 13.1 Å². The lowest BCUT2D eigenvalue weighted by molar-refractivity contribution is -0.137. The minimum absolute atomic E-state index is 0. The van der Waals surface area contributed by atoms with Gasteiger partial charge in [-0.25, -0.2) is 0 Å². The molecule has 0 aromatic rings. The van der Waals surface area contributed by atoms with Crippen molar-refractivity contribution in [3.63, 3.8) is 0 Å². The third-order valence-electron chi connectivity index (χ3n) is 2.83. The highest BCUT2D eigenvalue weighted by Crippen LogP contribution is 2.09. The molecule has 2 heterocycles. The topological polar surface area (TPSA) is 61.4 Å². The molecular weight excluding hydrogens is 218 g/mol. The van der Waals surface area contributed by atoms with Crippen LogP contribution in [0.4, 0.5) is 0 Å². The van der Waals surface area contributed by atoms with Gasteiger partial charge in [0.05, 0.1) is 12.0 Å². The van der Waals surface area contributed by atoms with Crippen molar-refractivity contribution in [2.24, 2.45) is 5.92 Å². The fraction of sp³-hybridized carbons (Fsp3) is 0.778. The van der Waals surface area contributed by atoms with Crippen LogP contribution in [0.5, 0.6) is 0 Å². The Hall–Kier alpha value is -0.810. The van der Waals surface area contributed by atoms with Gasteiger partial charge >= 0.3 is 0 Å². The van der Waals surface area contributed by atoms with Gasteiger partial charge in [0, 0.05) is 33.1 Å². The Balaban J connectivity index is 0.00000112. The Labute approximate surface area is 95.0 Å². The Morgan fingerprint density at radius 2 is 1.93 bits per heavy atom. The molecule has 0 bridgehead atoms. The predicted molar refractivity (Wildman–Crippen MR) is 57.8 cm³/mol. The number of carbonyl (C=O) groups excluding carboxylic acids is 2. The van der Waals surface area contributed by atoms with Crippen LogP contribution in [0.1, 0.15) is 6.92 Å². The summed E-state index contributed by atoms with van der Waals surface area (Å²) < 4.78 is 0. The number of nitrogens with one attached hydrogen (secondary N) is 2. The summed E-state index contributed by atoms with van der Waals surface area (Å²) in [5.74, 6) is 0.346. The van der Waals surface area contributed by atoms with Gasteiger partial charge in [-0.05, 0) is 0 Å². The lowest BCUT2D eigenvalue weighted by Gasteiger charge is -2.40. The van der Waals surface area contributed by atoms with Crippen molar-refractivity contribution in [1.29, 1.82) is 0 Å². The van der Waals surface area contributed by atoms with Crippen molar-refractivity contribution in [2.75, 3.05) is 26.2 Å². The summed E-state index contributed by atoms with van der Waals surface area (Å²) >= 11 is 0. The summed E-state index contributed by atoms with van der Waals surface area (Å²) in [6.07, 6.45) is 0. The molecule has 86 valence electrons. The van der Waals surface area contributed by atoms with E-state index in [-0.39, 0.29) is 36.2 Å². The molecule has 0 saturated carbocycles. The number of hydrogen-bond acceptors (Lipinski definition) is 3. The van der Waals surface area contributed by atoms with E-state index in [2.05, 4.69) is 10.6 Å². The molecule has 2 aliphatic heterocycles. The van der Waals surface area contributed by atoms with Gasteiger partial charge in [0.15, 0.2) is 0 Å². The highest BCUT2D eigenvalue weighted by molar-refractivity contribution is 5.85. The highest BCUT2D eigenvalue weighted by atomic mass is 35.5. The largest absolute Gasteiger partial charge is 0.349 e. The normalized spacial score (nSPS) is 21.0. The van der Waals surface area contributed by atoms with Crippen LogP contribution in [0.2, 0.25) is 0 Å². The zero-order chi connectivity index (χ0) is 10.1. The molecule has 6 heteroatoms.